The van der Waals surface area contributed by atoms with E-state index in [4.69, 9.17) is 0 Å². The number of nitrogens with zero attached hydrogens (tertiary/aromatic N) is 1. The van der Waals surface area contributed by atoms with E-state index in [1.807, 2.05) is 12.1 Å². The second-order valence-corrected chi connectivity index (χ2v) is 10.1. The SMILES string of the molecule is CC(N[C@@H](C)[C@@H]1CC[C@@H]2[C@H]3CCc4cc(O)ccc4[C@@H]3CC[C@]21C)N(C)C. The number of hydrogen-bond donors (Lipinski definition) is 2. The van der Waals surface area contributed by atoms with Crippen molar-refractivity contribution in [1.82, 2.24) is 10.2 Å². The highest BCUT2D eigenvalue weighted by Crippen LogP contribution is 2.63. The average molecular weight is 371 g/mol. The van der Waals surface area contributed by atoms with Crippen LogP contribution in [0.15, 0.2) is 18.2 Å². The molecular weight excluding hydrogens is 332 g/mol. The minimum Gasteiger partial charge on any atom is -0.508 e. The summed E-state index contributed by atoms with van der Waals surface area (Å²) < 4.78 is 0. The van der Waals surface area contributed by atoms with Crippen molar-refractivity contribution >= 4 is 0 Å². The van der Waals surface area contributed by atoms with Gasteiger partial charge in [-0.1, -0.05) is 13.0 Å². The first-order valence-electron chi connectivity index (χ1n) is 11.1. The fourth-order valence-corrected chi connectivity index (χ4v) is 7.08. The van der Waals surface area contributed by atoms with Crippen LogP contribution in [0.5, 0.6) is 5.75 Å². The van der Waals surface area contributed by atoms with Gasteiger partial charge >= 0.3 is 0 Å². The van der Waals surface area contributed by atoms with Crippen molar-refractivity contribution in [2.24, 2.45) is 23.2 Å². The minimum absolute atomic E-state index is 0.424. The van der Waals surface area contributed by atoms with Gasteiger partial charge in [-0.05, 0) is 119 Å². The molecule has 1 aromatic rings. The zero-order valence-electron chi connectivity index (χ0n) is 17.8. The molecule has 150 valence electrons. The van der Waals surface area contributed by atoms with E-state index in [2.05, 4.69) is 51.1 Å². The highest BCUT2D eigenvalue weighted by atomic mass is 16.3. The van der Waals surface area contributed by atoms with Gasteiger partial charge in [-0.15, -0.1) is 0 Å². The maximum absolute atomic E-state index is 9.87. The predicted octanol–water partition coefficient (Wildman–Crippen LogP) is 4.75. The Kier molecular flexibility index (Phi) is 5.05. The van der Waals surface area contributed by atoms with E-state index in [9.17, 15) is 5.11 Å². The Hall–Kier alpha value is -1.06. The molecule has 2 saturated carbocycles. The van der Waals surface area contributed by atoms with E-state index >= 15 is 0 Å². The molecule has 0 spiro atoms. The van der Waals surface area contributed by atoms with Crippen LogP contribution < -0.4 is 5.32 Å². The number of phenols is 1. The molecule has 4 rings (SSSR count). The predicted molar refractivity (Wildman–Crippen MR) is 112 cm³/mol. The Bertz CT molecular complexity index is 687. The van der Waals surface area contributed by atoms with Crippen molar-refractivity contribution in [2.75, 3.05) is 14.1 Å². The number of fused-ring (bicyclic) bond motifs is 5. The second kappa shape index (κ2) is 7.08. The van der Waals surface area contributed by atoms with Gasteiger partial charge in [0.25, 0.3) is 0 Å². The molecule has 0 amide bonds. The van der Waals surface area contributed by atoms with Crippen molar-refractivity contribution < 1.29 is 5.11 Å². The number of aryl methyl sites for hydroxylation is 1. The van der Waals surface area contributed by atoms with Crippen molar-refractivity contribution in [1.29, 1.82) is 0 Å². The summed E-state index contributed by atoms with van der Waals surface area (Å²) in [5.74, 6) is 3.64. The molecule has 0 aromatic heterocycles. The van der Waals surface area contributed by atoms with E-state index in [0.29, 0.717) is 23.4 Å². The van der Waals surface area contributed by atoms with Gasteiger partial charge in [0.15, 0.2) is 0 Å². The average Bonchev–Trinajstić information content (AvgIpc) is 2.98. The number of nitrogens with one attached hydrogen (secondary N) is 1. The first-order chi connectivity index (χ1) is 12.8. The first kappa shape index (κ1) is 19.3. The van der Waals surface area contributed by atoms with E-state index in [1.54, 1.807) is 5.56 Å². The van der Waals surface area contributed by atoms with Gasteiger partial charge in [-0.2, -0.15) is 0 Å². The molecule has 0 saturated heterocycles. The zero-order valence-corrected chi connectivity index (χ0v) is 17.8. The Morgan fingerprint density at radius 1 is 1.15 bits per heavy atom. The molecule has 3 aliphatic carbocycles. The van der Waals surface area contributed by atoms with Gasteiger partial charge in [-0.25, -0.2) is 0 Å². The molecule has 2 fully saturated rings. The number of rotatable bonds is 4. The standard InChI is InChI=1S/C24H38N2O/c1-15(25-16(2)26(4)5)22-10-11-23-21-8-6-17-14-18(27)7-9-19(17)20(21)12-13-24(22,23)3/h7,9,14-16,20-23,25,27H,6,8,10-13H2,1-5H3/t15-,16?,20-,21-,22-,23+,24-/m0/s1. The van der Waals surface area contributed by atoms with Crippen LogP contribution in [-0.2, 0) is 6.42 Å². The van der Waals surface area contributed by atoms with E-state index in [0.717, 1.165) is 30.1 Å². The summed E-state index contributed by atoms with van der Waals surface area (Å²) in [5.41, 5.74) is 3.43. The van der Waals surface area contributed by atoms with Gasteiger partial charge in [-0.3, -0.25) is 10.2 Å². The molecule has 1 aromatic carbocycles. The number of aromatic hydroxyl groups is 1. The number of benzene rings is 1. The summed E-state index contributed by atoms with van der Waals surface area (Å²) in [4.78, 5) is 2.27. The Morgan fingerprint density at radius 3 is 2.67 bits per heavy atom. The molecule has 3 heteroatoms. The van der Waals surface area contributed by atoms with Gasteiger partial charge in [0.2, 0.25) is 0 Å². The lowest BCUT2D eigenvalue weighted by Gasteiger charge is -2.52. The van der Waals surface area contributed by atoms with Gasteiger partial charge < -0.3 is 5.11 Å². The molecule has 0 bridgehead atoms. The zero-order chi connectivity index (χ0) is 19.3. The Labute approximate surface area is 165 Å². The van der Waals surface area contributed by atoms with Crippen molar-refractivity contribution in [3.8, 4) is 5.75 Å². The first-order valence-corrected chi connectivity index (χ1v) is 11.1. The lowest BCUT2D eigenvalue weighted by atomic mass is 9.53. The summed E-state index contributed by atoms with van der Waals surface area (Å²) in [6.07, 6.45) is 8.33. The largest absolute Gasteiger partial charge is 0.508 e. The third-order valence-corrected chi connectivity index (χ3v) is 8.67. The molecule has 1 unspecified atom stereocenters. The summed E-state index contributed by atoms with van der Waals surface area (Å²) in [5, 5.41) is 13.7. The van der Waals surface area contributed by atoms with Crippen LogP contribution in [-0.4, -0.2) is 36.3 Å². The highest BCUT2D eigenvalue weighted by molar-refractivity contribution is 5.40. The summed E-state index contributed by atoms with van der Waals surface area (Å²) in [6.45, 7) is 7.30. The van der Waals surface area contributed by atoms with Gasteiger partial charge in [0, 0.05) is 6.04 Å². The van der Waals surface area contributed by atoms with Crippen LogP contribution in [0, 0.1) is 23.2 Å². The molecule has 27 heavy (non-hydrogen) atoms. The van der Waals surface area contributed by atoms with Crippen LogP contribution in [0.4, 0.5) is 0 Å². The lowest BCUT2D eigenvalue weighted by molar-refractivity contribution is 0.0145. The summed E-state index contributed by atoms with van der Waals surface area (Å²) in [7, 11) is 4.32. The normalized spacial score (nSPS) is 37.4. The van der Waals surface area contributed by atoms with Crippen LogP contribution in [0.2, 0.25) is 0 Å². The smallest absolute Gasteiger partial charge is 0.115 e. The Morgan fingerprint density at radius 2 is 1.93 bits per heavy atom. The van der Waals surface area contributed by atoms with Crippen LogP contribution in [0.25, 0.3) is 0 Å². The van der Waals surface area contributed by atoms with E-state index in [-0.39, 0.29) is 0 Å². The molecule has 0 aliphatic heterocycles. The molecule has 7 atom stereocenters. The molecule has 2 N–H and O–H groups in total. The van der Waals surface area contributed by atoms with Crippen LogP contribution in [0.1, 0.15) is 69.9 Å². The van der Waals surface area contributed by atoms with Crippen molar-refractivity contribution in [3.63, 3.8) is 0 Å². The molecule has 3 aliphatic rings. The topological polar surface area (TPSA) is 35.5 Å². The fourth-order valence-electron chi connectivity index (χ4n) is 7.08. The van der Waals surface area contributed by atoms with E-state index in [1.165, 1.54) is 37.7 Å². The van der Waals surface area contributed by atoms with Crippen LogP contribution >= 0.6 is 0 Å². The maximum atomic E-state index is 9.87. The highest BCUT2D eigenvalue weighted by Gasteiger charge is 2.55. The Balaban J connectivity index is 1.54. The van der Waals surface area contributed by atoms with Crippen LogP contribution in [0.3, 0.4) is 0 Å². The monoisotopic (exact) mass is 370 g/mol. The quantitative estimate of drug-likeness (QED) is 0.751. The third kappa shape index (κ3) is 3.21. The van der Waals surface area contributed by atoms with Crippen molar-refractivity contribution in [3.05, 3.63) is 29.3 Å². The molecule has 3 nitrogen and oxygen atoms in total. The van der Waals surface area contributed by atoms with Gasteiger partial charge in [0.05, 0.1) is 6.17 Å². The third-order valence-electron chi connectivity index (χ3n) is 8.67. The molecule has 0 heterocycles. The molecular formula is C24H38N2O. The van der Waals surface area contributed by atoms with Gasteiger partial charge in [0.1, 0.15) is 5.75 Å². The van der Waals surface area contributed by atoms with Crippen molar-refractivity contribution in [2.45, 2.75) is 77.4 Å². The lowest BCUT2D eigenvalue weighted by Crippen LogP contribution is -2.51. The summed E-state index contributed by atoms with van der Waals surface area (Å²) in [6, 6.07) is 6.72. The summed E-state index contributed by atoms with van der Waals surface area (Å²) >= 11 is 0. The number of hydrogen-bond acceptors (Lipinski definition) is 3. The second-order valence-electron chi connectivity index (χ2n) is 10.1. The maximum Gasteiger partial charge on any atom is 0.115 e. The fraction of sp³-hybridized carbons (Fsp3) is 0.750. The van der Waals surface area contributed by atoms with E-state index < -0.39 is 0 Å². The number of phenolic OH excluding ortho intramolecular Hbond substituents is 1. The molecule has 0 radical (unpaired) electrons. The minimum atomic E-state index is 0.424.